The molecule has 0 radical (unpaired) electrons. The van der Waals surface area contributed by atoms with E-state index in [1.54, 1.807) is 44.7 Å². The third kappa shape index (κ3) is 5.43. The highest BCUT2D eigenvalue weighted by molar-refractivity contribution is 5.78. The molecule has 2 rings (SSSR count). The van der Waals surface area contributed by atoms with Crippen LogP contribution in [0.4, 0.5) is 10.5 Å². The number of nitrogens with zero attached hydrogens (tertiary/aromatic N) is 2. The summed E-state index contributed by atoms with van der Waals surface area (Å²) in [7, 11) is 0. The number of ether oxygens (including phenoxy) is 2. The lowest BCUT2D eigenvalue weighted by molar-refractivity contribution is -0.384. The molecule has 8 nitrogen and oxygen atoms in total. The molecule has 28 heavy (non-hydrogen) atoms. The van der Waals surface area contributed by atoms with Crippen LogP contribution in [0.15, 0.2) is 24.3 Å². The van der Waals surface area contributed by atoms with E-state index in [4.69, 9.17) is 9.47 Å². The highest BCUT2D eigenvalue weighted by atomic mass is 16.6. The molecule has 1 fully saturated rings. The molecule has 1 saturated heterocycles. The Labute approximate surface area is 164 Å². The second kappa shape index (κ2) is 8.58. The number of nitro groups is 1. The van der Waals surface area contributed by atoms with Gasteiger partial charge in [0.1, 0.15) is 5.60 Å². The molecule has 0 saturated carbocycles. The summed E-state index contributed by atoms with van der Waals surface area (Å²) < 4.78 is 10.7. The average molecular weight is 392 g/mol. The van der Waals surface area contributed by atoms with E-state index < -0.39 is 22.0 Å². The summed E-state index contributed by atoms with van der Waals surface area (Å²) in [6, 6.07) is 6.29. The Morgan fingerprint density at radius 3 is 2.43 bits per heavy atom. The van der Waals surface area contributed by atoms with Crippen molar-refractivity contribution in [3.05, 3.63) is 39.9 Å². The molecule has 0 aromatic heterocycles. The van der Waals surface area contributed by atoms with E-state index in [2.05, 4.69) is 0 Å². The van der Waals surface area contributed by atoms with E-state index in [1.165, 1.54) is 12.1 Å². The number of hydrogen-bond donors (Lipinski definition) is 0. The molecule has 1 aromatic carbocycles. The lowest BCUT2D eigenvalue weighted by atomic mass is 9.73. The van der Waals surface area contributed by atoms with E-state index in [1.807, 2.05) is 0 Å². The van der Waals surface area contributed by atoms with Crippen LogP contribution in [0.5, 0.6) is 0 Å². The van der Waals surface area contributed by atoms with Crippen LogP contribution >= 0.6 is 0 Å². The fourth-order valence-corrected chi connectivity index (χ4v) is 3.35. The number of esters is 1. The Morgan fingerprint density at radius 2 is 1.89 bits per heavy atom. The van der Waals surface area contributed by atoms with Gasteiger partial charge >= 0.3 is 12.1 Å². The summed E-state index contributed by atoms with van der Waals surface area (Å²) in [6.45, 7) is 8.14. The number of nitro benzene ring substituents is 1. The van der Waals surface area contributed by atoms with E-state index in [-0.39, 0.29) is 18.3 Å². The minimum atomic E-state index is -0.816. The number of carbonyl (C=O) groups excluding carboxylic acids is 2. The lowest BCUT2D eigenvalue weighted by Gasteiger charge is -2.40. The smallest absolute Gasteiger partial charge is 0.410 e. The van der Waals surface area contributed by atoms with Crippen molar-refractivity contribution in [1.29, 1.82) is 0 Å². The maximum atomic E-state index is 12.8. The number of carbonyl (C=O) groups is 2. The first-order valence-electron chi connectivity index (χ1n) is 9.45. The average Bonchev–Trinajstić information content (AvgIpc) is 2.61. The van der Waals surface area contributed by atoms with Crippen molar-refractivity contribution >= 4 is 17.7 Å². The molecule has 0 N–H and O–H groups in total. The molecule has 0 bridgehead atoms. The zero-order valence-corrected chi connectivity index (χ0v) is 16.9. The van der Waals surface area contributed by atoms with Crippen molar-refractivity contribution < 1.29 is 24.0 Å². The molecule has 1 heterocycles. The van der Waals surface area contributed by atoms with Gasteiger partial charge in [0.15, 0.2) is 0 Å². The van der Waals surface area contributed by atoms with E-state index in [0.717, 1.165) is 0 Å². The molecule has 1 aliphatic rings. The van der Waals surface area contributed by atoms with Gasteiger partial charge in [-0.15, -0.1) is 0 Å². The molecule has 0 atom stereocenters. The Morgan fingerprint density at radius 1 is 1.25 bits per heavy atom. The third-order valence-electron chi connectivity index (χ3n) is 4.74. The van der Waals surface area contributed by atoms with Crippen molar-refractivity contribution in [2.45, 2.75) is 52.6 Å². The number of piperidine rings is 1. The van der Waals surface area contributed by atoms with Crippen LogP contribution in [-0.4, -0.2) is 47.2 Å². The Kier molecular flexibility index (Phi) is 6.64. The van der Waals surface area contributed by atoms with Gasteiger partial charge in [-0.2, -0.15) is 0 Å². The number of benzene rings is 1. The van der Waals surface area contributed by atoms with Crippen LogP contribution in [0, 0.1) is 15.5 Å². The number of non-ortho nitro benzene ring substituents is 1. The molecule has 1 aromatic rings. The van der Waals surface area contributed by atoms with Gasteiger partial charge in [-0.25, -0.2) is 4.79 Å². The summed E-state index contributed by atoms with van der Waals surface area (Å²) >= 11 is 0. The molecule has 1 amide bonds. The first-order valence-corrected chi connectivity index (χ1v) is 9.45. The zero-order valence-electron chi connectivity index (χ0n) is 16.9. The van der Waals surface area contributed by atoms with Gasteiger partial charge in [0.25, 0.3) is 5.69 Å². The number of likely N-dealkylation sites (tertiary alicyclic amines) is 1. The van der Waals surface area contributed by atoms with Crippen LogP contribution in [0.1, 0.15) is 46.1 Å². The SMILES string of the molecule is CCOC(=O)C1(Cc2cccc([N+](=O)[O-])c2)CCN(C(=O)OC(C)(C)C)CC1. The molecular weight excluding hydrogens is 364 g/mol. The van der Waals surface area contributed by atoms with Crippen molar-refractivity contribution in [2.75, 3.05) is 19.7 Å². The fraction of sp³-hybridized carbons (Fsp3) is 0.600. The number of amides is 1. The van der Waals surface area contributed by atoms with Gasteiger partial charge < -0.3 is 14.4 Å². The molecule has 0 spiro atoms. The first-order chi connectivity index (χ1) is 13.1. The maximum absolute atomic E-state index is 12.8. The van der Waals surface area contributed by atoms with E-state index in [0.29, 0.717) is 37.9 Å². The van der Waals surface area contributed by atoms with Crippen LogP contribution in [0.25, 0.3) is 0 Å². The molecule has 0 unspecified atom stereocenters. The van der Waals surface area contributed by atoms with Gasteiger partial charge in [-0.05, 0) is 52.5 Å². The quantitative estimate of drug-likeness (QED) is 0.430. The highest BCUT2D eigenvalue weighted by Crippen LogP contribution is 2.37. The Balaban J connectivity index is 2.18. The summed E-state index contributed by atoms with van der Waals surface area (Å²) in [6.07, 6.45) is 0.748. The van der Waals surface area contributed by atoms with Gasteiger partial charge in [-0.3, -0.25) is 14.9 Å². The van der Waals surface area contributed by atoms with E-state index in [9.17, 15) is 19.7 Å². The van der Waals surface area contributed by atoms with Gasteiger partial charge in [0, 0.05) is 25.2 Å². The molecule has 1 aliphatic heterocycles. The Hall–Kier alpha value is -2.64. The predicted octanol–water partition coefficient (Wildman–Crippen LogP) is 3.72. The minimum Gasteiger partial charge on any atom is -0.466 e. The number of hydrogen-bond acceptors (Lipinski definition) is 6. The second-order valence-electron chi connectivity index (χ2n) is 8.07. The van der Waals surface area contributed by atoms with Crippen molar-refractivity contribution in [3.8, 4) is 0 Å². The van der Waals surface area contributed by atoms with Crippen LogP contribution in [0.2, 0.25) is 0 Å². The standard InChI is InChI=1S/C20H28N2O6/c1-5-27-17(23)20(14-15-7-6-8-16(13-15)22(25)26)9-11-21(12-10-20)18(24)28-19(2,3)4/h6-8,13H,5,9-12,14H2,1-4H3. The van der Waals surface area contributed by atoms with Crippen LogP contribution in [-0.2, 0) is 20.7 Å². The predicted molar refractivity (Wildman–Crippen MR) is 103 cm³/mol. The molecular formula is C20H28N2O6. The highest BCUT2D eigenvalue weighted by Gasteiger charge is 2.44. The largest absolute Gasteiger partial charge is 0.466 e. The fourth-order valence-electron chi connectivity index (χ4n) is 3.35. The third-order valence-corrected chi connectivity index (χ3v) is 4.74. The first kappa shape index (κ1) is 21.7. The summed E-state index contributed by atoms with van der Waals surface area (Å²) in [5.41, 5.74) is -0.713. The summed E-state index contributed by atoms with van der Waals surface area (Å²) in [4.78, 5) is 37.3. The Bertz CT molecular complexity index is 732. The normalized spacial score (nSPS) is 16.4. The summed E-state index contributed by atoms with van der Waals surface area (Å²) in [5.74, 6) is -0.328. The topological polar surface area (TPSA) is 99.0 Å². The number of rotatable bonds is 5. The van der Waals surface area contributed by atoms with Crippen LogP contribution < -0.4 is 0 Å². The zero-order chi connectivity index (χ0) is 20.9. The van der Waals surface area contributed by atoms with Crippen molar-refractivity contribution in [2.24, 2.45) is 5.41 Å². The molecule has 8 heteroatoms. The van der Waals surface area contributed by atoms with Gasteiger partial charge in [0.2, 0.25) is 0 Å². The van der Waals surface area contributed by atoms with Crippen molar-refractivity contribution in [1.82, 2.24) is 4.90 Å². The molecule has 0 aliphatic carbocycles. The minimum absolute atomic E-state index is 0.0114. The molecule has 154 valence electrons. The van der Waals surface area contributed by atoms with Crippen LogP contribution in [0.3, 0.4) is 0 Å². The van der Waals surface area contributed by atoms with Crippen molar-refractivity contribution in [3.63, 3.8) is 0 Å². The van der Waals surface area contributed by atoms with E-state index >= 15 is 0 Å². The van der Waals surface area contributed by atoms with Gasteiger partial charge in [-0.1, -0.05) is 12.1 Å². The lowest BCUT2D eigenvalue weighted by Crippen LogP contribution is -2.49. The van der Waals surface area contributed by atoms with Gasteiger partial charge in [0.05, 0.1) is 16.9 Å². The second-order valence-corrected chi connectivity index (χ2v) is 8.07. The summed E-state index contributed by atoms with van der Waals surface area (Å²) in [5, 5.41) is 11.0. The monoisotopic (exact) mass is 392 g/mol. The maximum Gasteiger partial charge on any atom is 0.410 e.